The average Bonchev–Trinajstić information content (AvgIpc) is 3.24. The van der Waals surface area contributed by atoms with Crippen LogP contribution in [0.4, 0.5) is 5.69 Å². The van der Waals surface area contributed by atoms with Crippen LogP contribution in [-0.4, -0.2) is 39.1 Å². The van der Waals surface area contributed by atoms with Crippen LogP contribution in [0.1, 0.15) is 32.2 Å². The molecule has 2 heterocycles. The summed E-state index contributed by atoms with van der Waals surface area (Å²) in [5, 5.41) is 19.5. The zero-order chi connectivity index (χ0) is 22.1. The van der Waals surface area contributed by atoms with E-state index >= 15 is 0 Å². The van der Waals surface area contributed by atoms with Gasteiger partial charge in [-0.2, -0.15) is 0 Å². The summed E-state index contributed by atoms with van der Waals surface area (Å²) in [6.07, 6.45) is 0.0576. The number of fused-ring (bicyclic) bond motifs is 1. The molecule has 1 aliphatic heterocycles. The number of carbonyl (C=O) groups is 1. The number of anilines is 1. The summed E-state index contributed by atoms with van der Waals surface area (Å²) in [6.45, 7) is 6.55. The first kappa shape index (κ1) is 20.7. The van der Waals surface area contributed by atoms with Gasteiger partial charge in [0.2, 0.25) is 0 Å². The molecule has 0 bridgehead atoms. The maximum Gasteiger partial charge on any atom is 0.310 e. The number of aliphatic hydroxyl groups is 1. The van der Waals surface area contributed by atoms with E-state index in [1.807, 2.05) is 73.9 Å². The Morgan fingerprint density at radius 2 is 1.90 bits per heavy atom. The topological polar surface area (TPSA) is 91.4 Å². The first-order valence-electron chi connectivity index (χ1n) is 10.4. The number of amidine groups is 1. The van der Waals surface area contributed by atoms with Crippen molar-refractivity contribution < 1.29 is 14.6 Å². The van der Waals surface area contributed by atoms with Crippen molar-refractivity contribution in [2.45, 2.75) is 39.8 Å². The molecule has 1 aromatic heterocycles. The van der Waals surface area contributed by atoms with Gasteiger partial charge >= 0.3 is 5.97 Å². The Kier molecular flexibility index (Phi) is 5.50. The van der Waals surface area contributed by atoms with Crippen molar-refractivity contribution in [3.63, 3.8) is 0 Å². The lowest BCUT2D eigenvalue weighted by atomic mass is 10.1. The molecule has 2 N–H and O–H groups in total. The number of hydrogen-bond donors (Lipinski definition) is 2. The smallest absolute Gasteiger partial charge is 0.310 e. The molecule has 0 spiro atoms. The molecule has 7 heteroatoms. The van der Waals surface area contributed by atoms with Gasteiger partial charge in [0.05, 0.1) is 35.7 Å². The number of carbonyl (C=O) groups excluding carboxylic acids is 1. The first-order valence-corrected chi connectivity index (χ1v) is 10.4. The number of imidazole rings is 1. The highest BCUT2D eigenvalue weighted by atomic mass is 16.5. The molecule has 0 amide bonds. The molecule has 0 aliphatic carbocycles. The number of para-hydroxylation sites is 2. The Morgan fingerprint density at radius 3 is 2.58 bits per heavy atom. The van der Waals surface area contributed by atoms with E-state index in [1.54, 1.807) is 4.90 Å². The zero-order valence-corrected chi connectivity index (χ0v) is 17.9. The number of rotatable bonds is 6. The number of hydrogen-bond acceptors (Lipinski definition) is 5. The molecule has 0 saturated carbocycles. The van der Waals surface area contributed by atoms with Crippen LogP contribution in [-0.2, 0) is 22.5 Å². The minimum Gasteiger partial charge on any atom is -0.509 e. The van der Waals surface area contributed by atoms with Crippen molar-refractivity contribution in [3.05, 3.63) is 65.7 Å². The largest absolute Gasteiger partial charge is 0.509 e. The molecule has 0 atom stereocenters. The normalized spacial score (nSPS) is 14.2. The molecule has 0 radical (unpaired) electrons. The number of nitrogens with one attached hydrogen (secondary N) is 1. The van der Waals surface area contributed by atoms with Crippen molar-refractivity contribution in [2.75, 3.05) is 11.4 Å². The molecule has 0 fully saturated rings. The summed E-state index contributed by atoms with van der Waals surface area (Å²) in [5.41, 5.74) is 3.87. The summed E-state index contributed by atoms with van der Waals surface area (Å²) < 4.78 is 7.21. The summed E-state index contributed by atoms with van der Waals surface area (Å²) in [7, 11) is 0. The molecule has 3 aromatic rings. The van der Waals surface area contributed by atoms with Crippen LogP contribution in [0, 0.1) is 5.41 Å². The molecule has 4 rings (SSSR count). The summed E-state index contributed by atoms with van der Waals surface area (Å²) in [4.78, 5) is 18.3. The highest BCUT2D eigenvalue weighted by molar-refractivity contribution is 6.30. The molecular weight excluding hydrogens is 392 g/mol. The Labute approximate surface area is 181 Å². The molecule has 0 unspecified atom stereocenters. The summed E-state index contributed by atoms with van der Waals surface area (Å²) in [5.74, 6) is 0.660. The van der Waals surface area contributed by atoms with Gasteiger partial charge in [-0.05, 0) is 50.6 Å². The van der Waals surface area contributed by atoms with E-state index in [-0.39, 0.29) is 36.6 Å². The van der Waals surface area contributed by atoms with E-state index in [9.17, 15) is 9.90 Å². The van der Waals surface area contributed by atoms with Crippen molar-refractivity contribution >= 4 is 34.1 Å². The number of aliphatic hydroxyl groups excluding tert-OH is 1. The second kappa shape index (κ2) is 8.26. The Balaban J connectivity index is 1.58. The number of aromatic nitrogens is 2. The molecule has 7 nitrogen and oxygen atoms in total. The van der Waals surface area contributed by atoms with E-state index in [0.717, 1.165) is 22.3 Å². The SMILES string of the molecule is CCn1c(C2=C(O)CN(c3ccc(CC(=O)OC(C)C)cc3)C2=N)nc2ccccc21. The third-order valence-corrected chi connectivity index (χ3v) is 5.26. The highest BCUT2D eigenvalue weighted by Gasteiger charge is 2.32. The van der Waals surface area contributed by atoms with Crippen molar-refractivity contribution in [2.24, 2.45) is 0 Å². The number of esters is 1. The molecule has 31 heavy (non-hydrogen) atoms. The molecule has 1 aliphatic rings. The lowest BCUT2D eigenvalue weighted by Crippen LogP contribution is -2.26. The van der Waals surface area contributed by atoms with Crippen molar-refractivity contribution in [1.82, 2.24) is 9.55 Å². The van der Waals surface area contributed by atoms with Crippen LogP contribution < -0.4 is 4.90 Å². The summed E-state index contributed by atoms with van der Waals surface area (Å²) in [6, 6.07) is 15.2. The van der Waals surface area contributed by atoms with Crippen LogP contribution in [0.25, 0.3) is 16.6 Å². The lowest BCUT2D eigenvalue weighted by molar-refractivity contribution is -0.146. The second-order valence-electron chi connectivity index (χ2n) is 7.81. The van der Waals surface area contributed by atoms with Crippen LogP contribution in [0.5, 0.6) is 0 Å². The maximum absolute atomic E-state index is 11.9. The average molecular weight is 418 g/mol. The number of benzene rings is 2. The van der Waals surface area contributed by atoms with Gasteiger partial charge in [-0.15, -0.1) is 0 Å². The van der Waals surface area contributed by atoms with Gasteiger partial charge in [-0.25, -0.2) is 4.98 Å². The minimum absolute atomic E-state index is 0.125. The molecule has 160 valence electrons. The lowest BCUT2D eigenvalue weighted by Gasteiger charge is -2.19. The van der Waals surface area contributed by atoms with E-state index in [2.05, 4.69) is 0 Å². The second-order valence-corrected chi connectivity index (χ2v) is 7.81. The van der Waals surface area contributed by atoms with E-state index in [0.29, 0.717) is 17.9 Å². The third-order valence-electron chi connectivity index (χ3n) is 5.26. The van der Waals surface area contributed by atoms with Gasteiger partial charge < -0.3 is 19.3 Å². The first-order chi connectivity index (χ1) is 14.9. The van der Waals surface area contributed by atoms with E-state index in [4.69, 9.17) is 15.1 Å². The van der Waals surface area contributed by atoms with Crippen LogP contribution >= 0.6 is 0 Å². The monoisotopic (exact) mass is 418 g/mol. The molecular formula is C24H26N4O3. The Bertz CT molecular complexity index is 1180. The fraction of sp³-hybridized carbons (Fsp3) is 0.292. The third kappa shape index (κ3) is 3.91. The maximum atomic E-state index is 11.9. The fourth-order valence-electron chi connectivity index (χ4n) is 3.89. The van der Waals surface area contributed by atoms with Crippen LogP contribution in [0.3, 0.4) is 0 Å². The minimum atomic E-state index is -0.267. The number of aryl methyl sites for hydroxylation is 1. The van der Waals surface area contributed by atoms with Crippen molar-refractivity contribution in [3.8, 4) is 0 Å². The van der Waals surface area contributed by atoms with Crippen LogP contribution in [0.15, 0.2) is 54.3 Å². The van der Waals surface area contributed by atoms with E-state index in [1.165, 1.54) is 0 Å². The summed E-state index contributed by atoms with van der Waals surface area (Å²) >= 11 is 0. The predicted molar refractivity (Wildman–Crippen MR) is 121 cm³/mol. The number of ether oxygens (including phenoxy) is 1. The van der Waals surface area contributed by atoms with Gasteiger partial charge in [-0.3, -0.25) is 10.2 Å². The van der Waals surface area contributed by atoms with Gasteiger partial charge in [-0.1, -0.05) is 24.3 Å². The van der Waals surface area contributed by atoms with Gasteiger partial charge in [0, 0.05) is 12.2 Å². The van der Waals surface area contributed by atoms with Gasteiger partial charge in [0.25, 0.3) is 0 Å². The van der Waals surface area contributed by atoms with Gasteiger partial charge in [0.15, 0.2) is 0 Å². The van der Waals surface area contributed by atoms with E-state index < -0.39 is 0 Å². The zero-order valence-electron chi connectivity index (χ0n) is 17.9. The highest BCUT2D eigenvalue weighted by Crippen LogP contribution is 2.32. The Morgan fingerprint density at radius 1 is 1.19 bits per heavy atom. The molecule has 2 aromatic carbocycles. The van der Waals surface area contributed by atoms with Crippen molar-refractivity contribution in [1.29, 1.82) is 5.41 Å². The standard InChI is InChI=1S/C24H26N4O3/c1-4-27-19-8-6-5-7-18(19)26-24(27)22-20(29)14-28(23(22)25)17-11-9-16(10-12-17)13-21(30)31-15(2)3/h5-12,15,25,29H,4,13-14H2,1-3H3. The fourth-order valence-corrected chi connectivity index (χ4v) is 3.89. The molecule has 0 saturated heterocycles. The number of nitrogens with zero attached hydrogens (tertiary/aromatic N) is 3. The van der Waals surface area contributed by atoms with Crippen LogP contribution in [0.2, 0.25) is 0 Å². The predicted octanol–water partition coefficient (Wildman–Crippen LogP) is 4.32. The quantitative estimate of drug-likeness (QED) is 0.582. The van der Waals surface area contributed by atoms with Gasteiger partial charge in [0.1, 0.15) is 17.4 Å². The Hall–Kier alpha value is -3.61.